The fourth-order valence-electron chi connectivity index (χ4n) is 2.82. The number of benzene rings is 1. The van der Waals surface area contributed by atoms with Crippen LogP contribution in [-0.4, -0.2) is 28.1 Å². The molecule has 1 aromatic carbocycles. The van der Waals surface area contributed by atoms with E-state index in [9.17, 15) is 4.79 Å². The van der Waals surface area contributed by atoms with Gasteiger partial charge in [-0.15, -0.1) is 5.10 Å². The van der Waals surface area contributed by atoms with Crippen LogP contribution in [0.5, 0.6) is 0 Å². The maximum Gasteiger partial charge on any atom is 0.360 e. The first-order valence-corrected chi connectivity index (χ1v) is 6.83. The minimum absolute atomic E-state index is 0.336. The largest absolute Gasteiger partial charge is 0.464 e. The number of carbonyl (C=O) groups is 1. The number of esters is 1. The van der Waals surface area contributed by atoms with Crippen LogP contribution in [0, 0.1) is 0 Å². The SMILES string of the molecule is CCc1c(C(=O)OC)nnn1CC1Cc2ccccc21. The summed E-state index contributed by atoms with van der Waals surface area (Å²) < 4.78 is 6.58. The first-order valence-electron chi connectivity index (χ1n) is 6.83. The van der Waals surface area contributed by atoms with Crippen LogP contribution >= 0.6 is 0 Å². The minimum atomic E-state index is -0.415. The average Bonchev–Trinajstić information content (AvgIpc) is 2.86. The summed E-state index contributed by atoms with van der Waals surface area (Å²) in [6, 6.07) is 8.45. The number of methoxy groups -OCH3 is 1. The highest BCUT2D eigenvalue weighted by Crippen LogP contribution is 2.36. The van der Waals surface area contributed by atoms with Gasteiger partial charge in [0.2, 0.25) is 0 Å². The van der Waals surface area contributed by atoms with Gasteiger partial charge in [0.25, 0.3) is 0 Å². The van der Waals surface area contributed by atoms with Crippen LogP contribution in [0.3, 0.4) is 0 Å². The summed E-state index contributed by atoms with van der Waals surface area (Å²) in [6.45, 7) is 2.76. The van der Waals surface area contributed by atoms with Crippen LogP contribution in [0.2, 0.25) is 0 Å². The van der Waals surface area contributed by atoms with Crippen molar-refractivity contribution in [1.29, 1.82) is 0 Å². The second-order valence-electron chi connectivity index (χ2n) is 5.01. The molecule has 0 aliphatic heterocycles. The molecule has 5 nitrogen and oxygen atoms in total. The van der Waals surface area contributed by atoms with E-state index in [-0.39, 0.29) is 0 Å². The zero-order valence-corrected chi connectivity index (χ0v) is 11.7. The van der Waals surface area contributed by atoms with Crippen molar-refractivity contribution in [2.45, 2.75) is 32.2 Å². The molecule has 0 bridgehead atoms. The summed E-state index contributed by atoms with van der Waals surface area (Å²) in [5.41, 5.74) is 3.97. The standard InChI is InChI=1S/C15H17N3O2/c1-3-13-14(15(19)20-2)16-17-18(13)9-11-8-10-6-4-5-7-12(10)11/h4-7,11H,3,8-9H2,1-2H3. The van der Waals surface area contributed by atoms with Gasteiger partial charge in [0.15, 0.2) is 5.69 Å². The molecule has 0 amide bonds. The number of hydrogen-bond acceptors (Lipinski definition) is 4. The molecule has 1 aliphatic carbocycles. The number of fused-ring (bicyclic) bond motifs is 1. The molecule has 0 fully saturated rings. The van der Waals surface area contributed by atoms with Crippen LogP contribution < -0.4 is 0 Å². The Labute approximate surface area is 117 Å². The van der Waals surface area contributed by atoms with Crippen LogP contribution in [0.4, 0.5) is 0 Å². The van der Waals surface area contributed by atoms with Gasteiger partial charge >= 0.3 is 5.97 Å². The Bertz CT molecular complexity index is 648. The second-order valence-corrected chi connectivity index (χ2v) is 5.01. The van der Waals surface area contributed by atoms with Gasteiger partial charge in [-0.1, -0.05) is 36.4 Å². The zero-order chi connectivity index (χ0) is 14.1. The van der Waals surface area contributed by atoms with Crippen LogP contribution in [-0.2, 0) is 24.1 Å². The minimum Gasteiger partial charge on any atom is -0.464 e. The summed E-state index contributed by atoms with van der Waals surface area (Å²) in [6.07, 6.45) is 1.78. The lowest BCUT2D eigenvalue weighted by Crippen LogP contribution is -2.23. The third-order valence-corrected chi connectivity index (χ3v) is 3.91. The van der Waals surface area contributed by atoms with Gasteiger partial charge in [-0.25, -0.2) is 9.48 Å². The zero-order valence-electron chi connectivity index (χ0n) is 11.7. The third kappa shape index (κ3) is 1.99. The average molecular weight is 271 g/mol. The number of rotatable bonds is 4. The Kier molecular flexibility index (Phi) is 3.26. The summed E-state index contributed by atoms with van der Waals surface area (Å²) in [5, 5.41) is 8.08. The molecule has 104 valence electrons. The Morgan fingerprint density at radius 2 is 2.25 bits per heavy atom. The Morgan fingerprint density at radius 1 is 1.45 bits per heavy atom. The highest BCUT2D eigenvalue weighted by Gasteiger charge is 2.28. The van der Waals surface area contributed by atoms with Crippen molar-refractivity contribution in [3.8, 4) is 0 Å². The molecule has 0 saturated carbocycles. The van der Waals surface area contributed by atoms with Gasteiger partial charge in [-0.2, -0.15) is 0 Å². The molecule has 0 saturated heterocycles. The van der Waals surface area contributed by atoms with E-state index in [1.807, 2.05) is 11.6 Å². The van der Waals surface area contributed by atoms with Gasteiger partial charge in [0.1, 0.15) is 0 Å². The molecule has 1 aliphatic rings. The molecule has 20 heavy (non-hydrogen) atoms. The molecule has 5 heteroatoms. The summed E-state index contributed by atoms with van der Waals surface area (Å²) in [5.74, 6) is 0.0470. The lowest BCUT2D eigenvalue weighted by Gasteiger charge is -2.30. The topological polar surface area (TPSA) is 57.0 Å². The lowest BCUT2D eigenvalue weighted by molar-refractivity contribution is 0.0592. The van der Waals surface area contributed by atoms with Gasteiger partial charge in [0, 0.05) is 5.92 Å². The van der Waals surface area contributed by atoms with Crippen LogP contribution in [0.25, 0.3) is 0 Å². The van der Waals surface area contributed by atoms with E-state index in [1.165, 1.54) is 18.2 Å². The smallest absolute Gasteiger partial charge is 0.360 e. The number of carbonyl (C=O) groups excluding carboxylic acids is 1. The number of ether oxygens (including phenoxy) is 1. The maximum atomic E-state index is 11.6. The van der Waals surface area contributed by atoms with Crippen molar-refractivity contribution in [2.24, 2.45) is 0 Å². The van der Waals surface area contributed by atoms with Crippen molar-refractivity contribution >= 4 is 5.97 Å². The van der Waals surface area contributed by atoms with E-state index < -0.39 is 5.97 Å². The highest BCUT2D eigenvalue weighted by atomic mass is 16.5. The predicted molar refractivity (Wildman–Crippen MR) is 73.6 cm³/mol. The van der Waals surface area contributed by atoms with Gasteiger partial charge < -0.3 is 4.74 Å². The molecule has 0 radical (unpaired) electrons. The molecule has 1 atom stereocenters. The Morgan fingerprint density at radius 3 is 2.95 bits per heavy atom. The summed E-state index contributed by atoms with van der Waals surface area (Å²) >= 11 is 0. The fraction of sp³-hybridized carbons (Fsp3) is 0.400. The fourth-order valence-corrected chi connectivity index (χ4v) is 2.82. The highest BCUT2D eigenvalue weighted by molar-refractivity contribution is 5.88. The Hall–Kier alpha value is -2.17. The molecule has 0 N–H and O–H groups in total. The van der Waals surface area contributed by atoms with E-state index in [0.29, 0.717) is 18.0 Å². The molecular weight excluding hydrogens is 254 g/mol. The molecule has 1 aromatic heterocycles. The van der Waals surface area contributed by atoms with Gasteiger partial charge in [-0.3, -0.25) is 0 Å². The van der Waals surface area contributed by atoms with E-state index in [0.717, 1.165) is 18.7 Å². The van der Waals surface area contributed by atoms with E-state index in [2.05, 4.69) is 34.6 Å². The van der Waals surface area contributed by atoms with Crippen molar-refractivity contribution in [3.05, 3.63) is 46.8 Å². The van der Waals surface area contributed by atoms with E-state index >= 15 is 0 Å². The summed E-state index contributed by atoms with van der Waals surface area (Å²) in [7, 11) is 1.36. The first kappa shape index (κ1) is 12.8. The number of hydrogen-bond donors (Lipinski definition) is 0. The molecule has 1 unspecified atom stereocenters. The van der Waals surface area contributed by atoms with Gasteiger partial charge in [-0.05, 0) is 24.0 Å². The molecular formula is C15H17N3O2. The predicted octanol–water partition coefficient (Wildman–Crippen LogP) is 1.97. The number of aromatic nitrogens is 3. The lowest BCUT2D eigenvalue weighted by atomic mass is 9.77. The normalized spacial score (nSPS) is 16.4. The van der Waals surface area contributed by atoms with Crippen molar-refractivity contribution < 1.29 is 9.53 Å². The van der Waals surface area contributed by atoms with Crippen LogP contribution in [0.1, 0.15) is 40.2 Å². The first-order chi connectivity index (χ1) is 9.74. The maximum absolute atomic E-state index is 11.6. The van der Waals surface area contributed by atoms with Crippen molar-refractivity contribution in [3.63, 3.8) is 0 Å². The quantitative estimate of drug-likeness (QED) is 0.798. The van der Waals surface area contributed by atoms with Gasteiger partial charge in [0.05, 0.1) is 19.3 Å². The van der Waals surface area contributed by atoms with Crippen molar-refractivity contribution in [2.75, 3.05) is 7.11 Å². The monoisotopic (exact) mass is 271 g/mol. The Balaban J connectivity index is 1.83. The third-order valence-electron chi connectivity index (χ3n) is 3.91. The molecule has 0 spiro atoms. The van der Waals surface area contributed by atoms with Crippen molar-refractivity contribution in [1.82, 2.24) is 15.0 Å². The molecule has 3 rings (SSSR count). The summed E-state index contributed by atoms with van der Waals surface area (Å²) in [4.78, 5) is 11.6. The number of nitrogens with zero attached hydrogens (tertiary/aromatic N) is 3. The van der Waals surface area contributed by atoms with E-state index in [4.69, 9.17) is 4.74 Å². The second kappa shape index (κ2) is 5.07. The van der Waals surface area contributed by atoms with E-state index in [1.54, 1.807) is 0 Å². The van der Waals surface area contributed by atoms with Crippen LogP contribution in [0.15, 0.2) is 24.3 Å². The molecule has 2 aromatic rings. The molecule has 1 heterocycles.